The van der Waals surface area contributed by atoms with Gasteiger partial charge in [0.15, 0.2) is 6.29 Å². The van der Waals surface area contributed by atoms with Gasteiger partial charge >= 0.3 is 0 Å². The molecule has 0 aliphatic rings. The fraction of sp³-hybridized carbons (Fsp3) is 0.235. The molecule has 0 saturated heterocycles. The van der Waals surface area contributed by atoms with Crippen molar-refractivity contribution in [3.05, 3.63) is 71.8 Å². The lowest BCUT2D eigenvalue weighted by molar-refractivity contribution is -0.123. The SMILES string of the molecule is O=C[C@H](COCc1ccccc1)OCc1ccccc1. The Kier molecular flexibility index (Phi) is 5.96. The molecule has 0 heterocycles. The van der Waals surface area contributed by atoms with E-state index in [4.69, 9.17) is 9.47 Å². The van der Waals surface area contributed by atoms with Gasteiger partial charge in [0.25, 0.3) is 0 Å². The normalized spacial score (nSPS) is 12.0. The summed E-state index contributed by atoms with van der Waals surface area (Å²) in [7, 11) is 0. The largest absolute Gasteiger partial charge is 0.374 e. The first kappa shape index (κ1) is 14.4. The summed E-state index contributed by atoms with van der Waals surface area (Å²) in [4.78, 5) is 11.0. The predicted octanol–water partition coefficient (Wildman–Crippen LogP) is 2.99. The van der Waals surface area contributed by atoms with Gasteiger partial charge in [0.05, 0.1) is 19.8 Å². The molecule has 1 atom stereocenters. The maximum absolute atomic E-state index is 11.0. The molecule has 0 amide bonds. The second-order valence-corrected chi connectivity index (χ2v) is 4.47. The lowest BCUT2D eigenvalue weighted by atomic mass is 10.2. The van der Waals surface area contributed by atoms with E-state index in [2.05, 4.69) is 0 Å². The van der Waals surface area contributed by atoms with Gasteiger partial charge in [0, 0.05) is 0 Å². The number of rotatable bonds is 8. The van der Waals surface area contributed by atoms with E-state index in [1.807, 2.05) is 60.7 Å². The van der Waals surface area contributed by atoms with Gasteiger partial charge in [-0.25, -0.2) is 0 Å². The Labute approximate surface area is 119 Å². The highest BCUT2D eigenvalue weighted by Gasteiger charge is 2.08. The van der Waals surface area contributed by atoms with Crippen LogP contribution in [0.4, 0.5) is 0 Å². The Hall–Kier alpha value is -1.97. The lowest BCUT2D eigenvalue weighted by Gasteiger charge is -2.12. The third-order valence-corrected chi connectivity index (χ3v) is 2.85. The van der Waals surface area contributed by atoms with Crippen LogP contribution in [0.1, 0.15) is 11.1 Å². The summed E-state index contributed by atoms with van der Waals surface area (Å²) in [5, 5.41) is 0. The van der Waals surface area contributed by atoms with Crippen LogP contribution in [0.15, 0.2) is 60.7 Å². The molecule has 2 rings (SSSR count). The van der Waals surface area contributed by atoms with Crippen molar-refractivity contribution in [3.63, 3.8) is 0 Å². The van der Waals surface area contributed by atoms with Crippen molar-refractivity contribution < 1.29 is 14.3 Å². The molecule has 0 radical (unpaired) electrons. The van der Waals surface area contributed by atoms with E-state index in [-0.39, 0.29) is 6.61 Å². The zero-order chi connectivity index (χ0) is 14.0. The van der Waals surface area contributed by atoms with Crippen LogP contribution in [-0.4, -0.2) is 19.0 Å². The van der Waals surface area contributed by atoms with Gasteiger partial charge in [-0.15, -0.1) is 0 Å². The third kappa shape index (κ3) is 4.96. The van der Waals surface area contributed by atoms with E-state index in [0.29, 0.717) is 13.2 Å². The summed E-state index contributed by atoms with van der Waals surface area (Å²) in [6, 6.07) is 19.6. The molecule has 104 valence electrons. The molecule has 0 unspecified atom stereocenters. The zero-order valence-corrected chi connectivity index (χ0v) is 11.3. The maximum atomic E-state index is 11.0. The molecular weight excluding hydrogens is 252 g/mol. The summed E-state index contributed by atoms with van der Waals surface area (Å²) in [5.41, 5.74) is 2.13. The van der Waals surface area contributed by atoms with Crippen LogP contribution < -0.4 is 0 Å². The number of carbonyl (C=O) groups is 1. The van der Waals surface area contributed by atoms with Crippen molar-refractivity contribution >= 4 is 6.29 Å². The van der Waals surface area contributed by atoms with Gasteiger partial charge in [-0.1, -0.05) is 60.7 Å². The Bertz CT molecular complexity index is 496. The van der Waals surface area contributed by atoms with Gasteiger partial charge < -0.3 is 14.3 Å². The standard InChI is InChI=1S/C17H18O3/c18-11-17(20-13-16-9-5-2-6-10-16)14-19-12-15-7-3-1-4-8-15/h1-11,17H,12-14H2/t17-/m1/s1. The van der Waals surface area contributed by atoms with Crippen molar-refractivity contribution in [2.24, 2.45) is 0 Å². The fourth-order valence-electron chi connectivity index (χ4n) is 1.77. The second-order valence-electron chi connectivity index (χ2n) is 4.47. The molecule has 0 aliphatic carbocycles. The average Bonchev–Trinajstić information content (AvgIpc) is 2.52. The zero-order valence-electron chi connectivity index (χ0n) is 11.3. The average molecular weight is 270 g/mol. The molecule has 0 spiro atoms. The summed E-state index contributed by atoms with van der Waals surface area (Å²) >= 11 is 0. The third-order valence-electron chi connectivity index (χ3n) is 2.85. The molecule has 20 heavy (non-hydrogen) atoms. The van der Waals surface area contributed by atoms with Crippen LogP contribution in [0.5, 0.6) is 0 Å². The first-order chi connectivity index (χ1) is 9.88. The van der Waals surface area contributed by atoms with Crippen LogP contribution in [0.3, 0.4) is 0 Å². The molecule has 0 saturated carbocycles. The second kappa shape index (κ2) is 8.25. The minimum atomic E-state index is -0.529. The van der Waals surface area contributed by atoms with E-state index < -0.39 is 6.10 Å². The van der Waals surface area contributed by atoms with E-state index >= 15 is 0 Å². The minimum Gasteiger partial charge on any atom is -0.374 e. The Morgan fingerprint density at radius 3 is 1.95 bits per heavy atom. The van der Waals surface area contributed by atoms with Gasteiger partial charge in [-0.3, -0.25) is 0 Å². The van der Waals surface area contributed by atoms with Crippen molar-refractivity contribution in [1.29, 1.82) is 0 Å². The molecule has 2 aromatic rings. The Balaban J connectivity index is 1.71. The predicted molar refractivity (Wildman–Crippen MR) is 77.2 cm³/mol. The quantitative estimate of drug-likeness (QED) is 0.692. The Morgan fingerprint density at radius 1 is 0.850 bits per heavy atom. The highest BCUT2D eigenvalue weighted by molar-refractivity contribution is 5.56. The molecule has 2 aromatic carbocycles. The number of hydrogen-bond acceptors (Lipinski definition) is 3. The number of carbonyl (C=O) groups excluding carboxylic acids is 1. The number of ether oxygens (including phenoxy) is 2. The molecule has 3 nitrogen and oxygen atoms in total. The number of hydrogen-bond donors (Lipinski definition) is 0. The van der Waals surface area contributed by atoms with Crippen LogP contribution in [0, 0.1) is 0 Å². The summed E-state index contributed by atoms with van der Waals surface area (Å²) < 4.78 is 11.0. The summed E-state index contributed by atoms with van der Waals surface area (Å²) in [6.45, 7) is 1.17. The monoisotopic (exact) mass is 270 g/mol. The van der Waals surface area contributed by atoms with Crippen LogP contribution >= 0.6 is 0 Å². The smallest absolute Gasteiger partial charge is 0.151 e. The molecule has 0 fully saturated rings. The maximum Gasteiger partial charge on any atom is 0.151 e. The van der Waals surface area contributed by atoms with Crippen molar-refractivity contribution in [3.8, 4) is 0 Å². The molecule has 0 aromatic heterocycles. The first-order valence-electron chi connectivity index (χ1n) is 6.61. The van der Waals surface area contributed by atoms with E-state index in [9.17, 15) is 4.79 Å². The van der Waals surface area contributed by atoms with Crippen LogP contribution in [0.2, 0.25) is 0 Å². The number of aldehydes is 1. The van der Waals surface area contributed by atoms with Crippen molar-refractivity contribution in [1.82, 2.24) is 0 Å². The fourth-order valence-corrected chi connectivity index (χ4v) is 1.77. The van der Waals surface area contributed by atoms with Crippen molar-refractivity contribution in [2.45, 2.75) is 19.3 Å². The van der Waals surface area contributed by atoms with E-state index in [1.165, 1.54) is 0 Å². The Morgan fingerprint density at radius 2 is 1.40 bits per heavy atom. The number of benzene rings is 2. The van der Waals surface area contributed by atoms with Gasteiger partial charge in [0.2, 0.25) is 0 Å². The molecule has 0 aliphatic heterocycles. The topological polar surface area (TPSA) is 35.5 Å². The van der Waals surface area contributed by atoms with E-state index in [1.54, 1.807) is 0 Å². The van der Waals surface area contributed by atoms with Gasteiger partial charge in [0.1, 0.15) is 6.10 Å². The lowest BCUT2D eigenvalue weighted by Crippen LogP contribution is -2.21. The van der Waals surface area contributed by atoms with E-state index in [0.717, 1.165) is 17.4 Å². The van der Waals surface area contributed by atoms with Crippen LogP contribution in [-0.2, 0) is 27.5 Å². The highest BCUT2D eigenvalue weighted by Crippen LogP contribution is 2.05. The van der Waals surface area contributed by atoms with Crippen molar-refractivity contribution in [2.75, 3.05) is 6.61 Å². The minimum absolute atomic E-state index is 0.269. The molecule has 3 heteroatoms. The molecule has 0 N–H and O–H groups in total. The van der Waals surface area contributed by atoms with Crippen LogP contribution in [0.25, 0.3) is 0 Å². The molecule has 0 bridgehead atoms. The first-order valence-corrected chi connectivity index (χ1v) is 6.61. The highest BCUT2D eigenvalue weighted by atomic mass is 16.5. The summed E-state index contributed by atoms with van der Waals surface area (Å²) in [5.74, 6) is 0. The van der Waals surface area contributed by atoms with Gasteiger partial charge in [-0.05, 0) is 11.1 Å². The summed E-state index contributed by atoms with van der Waals surface area (Å²) in [6.07, 6.45) is 0.257. The molecular formula is C17H18O3. The van der Waals surface area contributed by atoms with Gasteiger partial charge in [-0.2, -0.15) is 0 Å².